The molecule has 58 heavy (non-hydrogen) atoms. The first-order valence-corrected chi connectivity index (χ1v) is 19.3. The molecule has 0 bridgehead atoms. The number of hydrogen-bond donors (Lipinski definition) is 4. The highest BCUT2D eigenvalue weighted by Gasteiger charge is 2.53. The quantitative estimate of drug-likeness (QED) is 0.109. The van der Waals surface area contributed by atoms with Crippen LogP contribution in [0, 0.1) is 37.5 Å². The number of ether oxygens (including phenoxy) is 2. The second kappa shape index (κ2) is 15.7. The van der Waals surface area contributed by atoms with Crippen molar-refractivity contribution in [1.29, 1.82) is 0 Å². The van der Waals surface area contributed by atoms with Crippen LogP contribution in [0.4, 0.5) is 23.3 Å². The minimum atomic E-state index is -0.310. The summed E-state index contributed by atoms with van der Waals surface area (Å²) in [7, 11) is 3.36. The van der Waals surface area contributed by atoms with Crippen molar-refractivity contribution in [2.24, 2.45) is 23.7 Å². The molecule has 0 spiro atoms. The van der Waals surface area contributed by atoms with Crippen LogP contribution >= 0.6 is 0 Å². The highest BCUT2D eigenvalue weighted by molar-refractivity contribution is 6.00. The summed E-state index contributed by atoms with van der Waals surface area (Å²) in [6.45, 7) is 12.1. The van der Waals surface area contributed by atoms with Gasteiger partial charge in [0.2, 0.25) is 11.8 Å². The van der Waals surface area contributed by atoms with E-state index in [1.165, 1.54) is 0 Å². The Labute approximate surface area is 337 Å². The average Bonchev–Trinajstić information content (AvgIpc) is 4.13. The van der Waals surface area contributed by atoms with Crippen molar-refractivity contribution >= 4 is 56.6 Å². The summed E-state index contributed by atoms with van der Waals surface area (Å²) in [5, 5.41) is 9.10. The Morgan fingerprint density at radius 3 is 1.41 bits per heavy atom. The fourth-order valence-electron chi connectivity index (χ4n) is 7.47. The van der Waals surface area contributed by atoms with Crippen molar-refractivity contribution in [3.05, 3.63) is 84.7 Å². The summed E-state index contributed by atoms with van der Waals surface area (Å²) in [4.78, 5) is 51.3. The molecule has 14 nitrogen and oxygen atoms in total. The number of methoxy groups -OCH3 is 2. The van der Waals surface area contributed by atoms with Gasteiger partial charge < -0.3 is 31.6 Å². The smallest absolute Gasteiger partial charge is 0.229 e. The van der Waals surface area contributed by atoms with Crippen LogP contribution < -0.4 is 22.1 Å². The molecule has 300 valence electrons. The van der Waals surface area contributed by atoms with Gasteiger partial charge in [-0.15, -0.1) is 0 Å². The highest BCUT2D eigenvalue weighted by atomic mass is 16.5. The van der Waals surface area contributed by atoms with Crippen molar-refractivity contribution in [2.45, 2.75) is 65.6 Å². The number of carbonyl (C=O) groups excluding carboxylic acids is 2. The third-order valence-corrected chi connectivity index (χ3v) is 11.7. The van der Waals surface area contributed by atoms with Crippen LogP contribution in [-0.4, -0.2) is 67.1 Å². The molecular weight excluding hydrogens is 733 g/mol. The van der Waals surface area contributed by atoms with Crippen molar-refractivity contribution < 1.29 is 19.1 Å². The lowest BCUT2D eigenvalue weighted by molar-refractivity contribution is -0.119. The molecule has 8 rings (SSSR count). The highest BCUT2D eigenvalue weighted by Crippen LogP contribution is 2.49. The van der Waals surface area contributed by atoms with E-state index in [4.69, 9.17) is 20.9 Å². The van der Waals surface area contributed by atoms with Crippen molar-refractivity contribution in [3.8, 4) is 22.5 Å². The Morgan fingerprint density at radius 1 is 0.655 bits per heavy atom. The molecule has 2 aliphatic carbocycles. The van der Waals surface area contributed by atoms with Crippen LogP contribution in [0.2, 0.25) is 0 Å². The van der Waals surface area contributed by atoms with E-state index in [1.54, 1.807) is 51.4 Å². The van der Waals surface area contributed by atoms with Crippen LogP contribution in [0.25, 0.3) is 44.1 Å². The molecular formula is C44H50N10O4. The molecule has 2 amide bonds. The maximum atomic E-state index is 12.6. The van der Waals surface area contributed by atoms with E-state index in [-0.39, 0.29) is 46.7 Å². The summed E-state index contributed by atoms with van der Waals surface area (Å²) >= 11 is 0. The lowest BCUT2D eigenvalue weighted by atomic mass is 10.0. The number of amides is 2. The summed E-state index contributed by atoms with van der Waals surface area (Å²) in [6.07, 6.45) is 12.0. The Kier molecular flexibility index (Phi) is 10.8. The number of nitrogens with zero attached hydrogens (tertiary/aromatic N) is 6. The third kappa shape index (κ3) is 8.29. The van der Waals surface area contributed by atoms with Gasteiger partial charge in [-0.2, -0.15) is 0 Å². The van der Waals surface area contributed by atoms with Crippen molar-refractivity contribution in [1.82, 2.24) is 29.9 Å². The number of nitrogen functional groups attached to an aromatic ring is 2. The molecule has 0 unspecified atom stereocenters. The van der Waals surface area contributed by atoms with E-state index < -0.39 is 0 Å². The predicted octanol–water partition coefficient (Wildman–Crippen LogP) is 7.16. The molecule has 0 aliphatic heterocycles. The number of aryl methyl sites for hydroxylation is 2. The molecule has 6 N–H and O–H groups in total. The average molecular weight is 783 g/mol. The fourth-order valence-corrected chi connectivity index (χ4v) is 7.47. The van der Waals surface area contributed by atoms with Gasteiger partial charge in [-0.25, -0.2) is 19.9 Å². The molecule has 2 saturated carbocycles. The summed E-state index contributed by atoms with van der Waals surface area (Å²) < 4.78 is 11.0. The number of fused-ring (bicyclic) bond motifs is 2. The minimum Gasteiger partial charge on any atom is -0.383 e. The van der Waals surface area contributed by atoms with Gasteiger partial charge in [0.25, 0.3) is 0 Å². The van der Waals surface area contributed by atoms with Crippen LogP contribution in [0.1, 0.15) is 51.7 Å². The topological polar surface area (TPSA) is 206 Å². The zero-order chi connectivity index (χ0) is 41.5. The first kappa shape index (κ1) is 40.1. The van der Waals surface area contributed by atoms with E-state index in [9.17, 15) is 9.59 Å². The van der Waals surface area contributed by atoms with E-state index in [0.29, 0.717) is 23.3 Å². The molecule has 0 radical (unpaired) electrons. The molecule has 4 atom stereocenters. The number of nitrogens with one attached hydrogen (secondary N) is 2. The van der Waals surface area contributed by atoms with Crippen molar-refractivity contribution in [3.63, 3.8) is 0 Å². The normalized spacial score (nSPS) is 18.6. The molecule has 6 heterocycles. The first-order chi connectivity index (χ1) is 27.6. The zero-order valence-electron chi connectivity index (χ0n) is 34.1. The molecule has 6 aromatic rings. The summed E-state index contributed by atoms with van der Waals surface area (Å²) in [5.74, 6) is 2.06. The SMILES string of the molecule is COC(C)(C)[C@@H]1C[C@H]1C(=O)Nc1cc2cc(-c3cnccc3C)nc(N)c2cn1.COC(C)(C)[C@H]1C[C@@H]1C(=O)Nc1cc2cc(-c3cnccc3C)nc(N)c2cn1. The van der Waals surface area contributed by atoms with Gasteiger partial charge in [0, 0.05) is 85.1 Å². The molecule has 6 aromatic heterocycles. The lowest BCUT2D eigenvalue weighted by Gasteiger charge is -2.22. The standard InChI is InChI=1S/2C22H25N5O2/c2*1-12-5-6-24-10-15(12)18-7-13-8-19(25-11-16(13)20(23)26-18)27-21(28)14-9-17(14)22(2,3)29-4/h2*5-8,10-11,14,17H,9H2,1-4H3,(H2,23,26)(H,25,27,28)/t2*14-,17-/m10/s1. The van der Waals surface area contributed by atoms with Gasteiger partial charge in [0.15, 0.2) is 0 Å². The van der Waals surface area contributed by atoms with Gasteiger partial charge in [0.05, 0.1) is 22.6 Å². The monoisotopic (exact) mass is 782 g/mol. The van der Waals surface area contributed by atoms with Gasteiger partial charge in [0.1, 0.15) is 23.3 Å². The van der Waals surface area contributed by atoms with Crippen LogP contribution in [0.5, 0.6) is 0 Å². The Morgan fingerprint density at radius 2 is 1.05 bits per heavy atom. The van der Waals surface area contributed by atoms with E-state index in [2.05, 4.69) is 40.5 Å². The number of nitrogens with two attached hydrogens (primary N) is 2. The molecule has 14 heteroatoms. The molecule has 2 aliphatic rings. The van der Waals surface area contributed by atoms with Gasteiger partial charge in [-0.05, 0) is 125 Å². The van der Waals surface area contributed by atoms with E-state index in [0.717, 1.165) is 68.0 Å². The number of anilines is 4. The van der Waals surface area contributed by atoms with E-state index >= 15 is 0 Å². The second-order valence-corrected chi connectivity index (χ2v) is 16.2. The number of carbonyl (C=O) groups is 2. The third-order valence-electron chi connectivity index (χ3n) is 11.7. The molecule has 0 saturated heterocycles. The Balaban J connectivity index is 0.000000177. The number of aromatic nitrogens is 6. The van der Waals surface area contributed by atoms with Crippen LogP contribution in [-0.2, 0) is 19.1 Å². The zero-order valence-corrected chi connectivity index (χ0v) is 34.1. The maximum Gasteiger partial charge on any atom is 0.229 e. The van der Waals surface area contributed by atoms with Gasteiger partial charge >= 0.3 is 0 Å². The number of pyridine rings is 6. The molecule has 0 aromatic carbocycles. The lowest BCUT2D eigenvalue weighted by Crippen LogP contribution is -2.28. The molecule has 2 fully saturated rings. The summed E-state index contributed by atoms with van der Waals surface area (Å²) in [6, 6.07) is 11.4. The maximum absolute atomic E-state index is 12.6. The number of hydrogen-bond acceptors (Lipinski definition) is 12. The largest absolute Gasteiger partial charge is 0.383 e. The second-order valence-electron chi connectivity index (χ2n) is 16.2. The Bertz CT molecular complexity index is 2370. The predicted molar refractivity (Wildman–Crippen MR) is 226 cm³/mol. The van der Waals surface area contributed by atoms with Gasteiger partial charge in [-0.1, -0.05) is 0 Å². The van der Waals surface area contributed by atoms with Crippen molar-refractivity contribution in [2.75, 3.05) is 36.3 Å². The van der Waals surface area contributed by atoms with Gasteiger partial charge in [-0.3, -0.25) is 19.6 Å². The number of rotatable bonds is 10. The summed E-state index contributed by atoms with van der Waals surface area (Å²) in [5.41, 5.74) is 17.2. The minimum absolute atomic E-state index is 0.0302. The van der Waals surface area contributed by atoms with E-state index in [1.807, 2.05) is 77.9 Å². The first-order valence-electron chi connectivity index (χ1n) is 19.3. The van der Waals surface area contributed by atoms with Crippen LogP contribution in [0.15, 0.2) is 73.6 Å². The Hall–Kier alpha value is -6.12. The van der Waals surface area contributed by atoms with Crippen LogP contribution in [0.3, 0.4) is 0 Å². The fraction of sp³-hybridized carbons (Fsp3) is 0.364.